The number of oxazole rings is 1. The van der Waals surface area contributed by atoms with Crippen LogP contribution in [0.5, 0.6) is 0 Å². The summed E-state index contributed by atoms with van der Waals surface area (Å²) in [4.78, 5) is 28.4. The fourth-order valence-electron chi connectivity index (χ4n) is 2.80. The Morgan fingerprint density at radius 2 is 2.07 bits per heavy atom. The summed E-state index contributed by atoms with van der Waals surface area (Å²) in [6.45, 7) is 2.29. The molecular formula is C19H15ClN4O4. The molecule has 9 heteroatoms. The third-order valence-corrected chi connectivity index (χ3v) is 4.53. The first kappa shape index (κ1) is 18.0. The van der Waals surface area contributed by atoms with Crippen molar-refractivity contribution >= 4 is 28.6 Å². The summed E-state index contributed by atoms with van der Waals surface area (Å²) in [5.41, 5.74) is 2.96. The van der Waals surface area contributed by atoms with Crippen molar-refractivity contribution < 1.29 is 13.7 Å². The van der Waals surface area contributed by atoms with E-state index < -0.39 is 11.7 Å². The van der Waals surface area contributed by atoms with Gasteiger partial charge in [0, 0.05) is 11.6 Å². The molecule has 1 N–H and O–H groups in total. The number of rotatable bonds is 5. The number of aryl methyl sites for hydroxylation is 1. The maximum absolute atomic E-state index is 12.3. The Morgan fingerprint density at radius 1 is 1.25 bits per heavy atom. The lowest BCUT2D eigenvalue weighted by Crippen LogP contribution is -2.23. The second-order valence-corrected chi connectivity index (χ2v) is 6.63. The summed E-state index contributed by atoms with van der Waals surface area (Å²) in [5.74, 6) is -1.07. The van der Waals surface area contributed by atoms with Crippen LogP contribution in [0.15, 0.2) is 56.2 Å². The molecule has 0 aliphatic heterocycles. The van der Waals surface area contributed by atoms with Crippen LogP contribution in [0.3, 0.4) is 0 Å². The molecule has 0 fully saturated rings. The Labute approximate surface area is 163 Å². The number of hydrogen-bond donors (Lipinski definition) is 1. The predicted octanol–water partition coefficient (Wildman–Crippen LogP) is 2.92. The molecule has 2 aromatic carbocycles. The first-order chi connectivity index (χ1) is 13.5. The summed E-state index contributed by atoms with van der Waals surface area (Å²) in [6.07, 6.45) is 0. The van der Waals surface area contributed by atoms with Crippen molar-refractivity contribution in [2.45, 2.75) is 20.0 Å². The summed E-state index contributed by atoms with van der Waals surface area (Å²) in [6, 6.07) is 12.6. The molecule has 8 nitrogen and oxygen atoms in total. The molecule has 0 bridgehead atoms. The molecule has 4 aromatic rings. The van der Waals surface area contributed by atoms with Crippen LogP contribution < -0.4 is 11.1 Å². The van der Waals surface area contributed by atoms with Gasteiger partial charge in [0.2, 0.25) is 0 Å². The van der Waals surface area contributed by atoms with E-state index in [0.29, 0.717) is 22.7 Å². The van der Waals surface area contributed by atoms with Crippen LogP contribution in [0, 0.1) is 6.92 Å². The zero-order valence-corrected chi connectivity index (χ0v) is 15.6. The summed E-state index contributed by atoms with van der Waals surface area (Å²) >= 11 is 5.99. The van der Waals surface area contributed by atoms with Crippen LogP contribution in [-0.2, 0) is 13.1 Å². The molecule has 0 atom stereocenters. The van der Waals surface area contributed by atoms with Crippen LogP contribution in [0.1, 0.15) is 27.6 Å². The van der Waals surface area contributed by atoms with Crippen molar-refractivity contribution in [2.75, 3.05) is 0 Å². The second-order valence-electron chi connectivity index (χ2n) is 6.19. The van der Waals surface area contributed by atoms with E-state index in [-0.39, 0.29) is 18.3 Å². The average molecular weight is 399 g/mol. The highest BCUT2D eigenvalue weighted by Gasteiger charge is 2.18. The van der Waals surface area contributed by atoms with E-state index in [2.05, 4.69) is 15.5 Å². The molecule has 142 valence electrons. The molecule has 2 heterocycles. The van der Waals surface area contributed by atoms with E-state index in [1.165, 1.54) is 4.57 Å². The topological polar surface area (TPSA) is 103 Å². The van der Waals surface area contributed by atoms with Gasteiger partial charge in [0.1, 0.15) is 0 Å². The Hall–Kier alpha value is -3.39. The largest absolute Gasteiger partial charge is 0.420 e. The number of aromatic nitrogens is 3. The van der Waals surface area contributed by atoms with Crippen molar-refractivity contribution in [1.29, 1.82) is 0 Å². The third kappa shape index (κ3) is 3.54. The molecule has 0 radical (unpaired) electrons. The van der Waals surface area contributed by atoms with Gasteiger partial charge in [-0.15, -0.1) is 0 Å². The molecule has 28 heavy (non-hydrogen) atoms. The maximum Gasteiger partial charge on any atom is 0.420 e. The monoisotopic (exact) mass is 398 g/mol. The lowest BCUT2D eigenvalue weighted by Gasteiger charge is -2.05. The van der Waals surface area contributed by atoms with Gasteiger partial charge in [-0.2, -0.15) is 4.98 Å². The molecule has 4 rings (SSSR count). The number of fused-ring (bicyclic) bond motifs is 1. The molecule has 0 unspecified atom stereocenters. The standard InChI is InChI=1S/C19H15ClN4O4/c1-11-4-2-3-5-12(11)9-21-17(25)18-22-16(23-28-18)10-24-14-8-13(20)6-7-15(14)27-19(24)26/h2-8H,9-10H2,1H3,(H,21,25). The van der Waals surface area contributed by atoms with Crippen molar-refractivity contribution in [3.8, 4) is 0 Å². The van der Waals surface area contributed by atoms with Crippen molar-refractivity contribution in [2.24, 2.45) is 0 Å². The van der Waals surface area contributed by atoms with Gasteiger partial charge in [-0.25, -0.2) is 4.79 Å². The third-order valence-electron chi connectivity index (χ3n) is 4.29. The van der Waals surface area contributed by atoms with Gasteiger partial charge < -0.3 is 14.3 Å². The van der Waals surface area contributed by atoms with Crippen LogP contribution >= 0.6 is 11.6 Å². The van der Waals surface area contributed by atoms with E-state index in [4.69, 9.17) is 20.5 Å². The molecule has 0 saturated heterocycles. The van der Waals surface area contributed by atoms with Gasteiger partial charge in [-0.3, -0.25) is 9.36 Å². The number of nitrogens with zero attached hydrogens (tertiary/aromatic N) is 3. The summed E-state index contributed by atoms with van der Waals surface area (Å²) in [5, 5.41) is 6.98. The lowest BCUT2D eigenvalue weighted by atomic mass is 10.1. The molecule has 0 aliphatic rings. The first-order valence-corrected chi connectivity index (χ1v) is 8.83. The minimum absolute atomic E-state index is 0.0131. The number of carbonyl (C=O) groups is 1. The molecule has 0 aliphatic carbocycles. The Kier molecular flexibility index (Phi) is 4.70. The van der Waals surface area contributed by atoms with Gasteiger partial charge in [0.25, 0.3) is 0 Å². The SMILES string of the molecule is Cc1ccccc1CNC(=O)c1nc(Cn2c(=O)oc3ccc(Cl)cc32)no1. The highest BCUT2D eigenvalue weighted by Crippen LogP contribution is 2.19. The normalized spacial score (nSPS) is 11.1. The van der Waals surface area contributed by atoms with Crippen LogP contribution in [-0.4, -0.2) is 20.6 Å². The van der Waals surface area contributed by atoms with Crippen molar-refractivity contribution in [3.05, 3.63) is 80.9 Å². The van der Waals surface area contributed by atoms with E-state index in [1.807, 2.05) is 31.2 Å². The number of hydrogen-bond acceptors (Lipinski definition) is 6. The fraction of sp³-hybridized carbons (Fsp3) is 0.158. The first-order valence-electron chi connectivity index (χ1n) is 8.45. The van der Waals surface area contributed by atoms with E-state index in [1.54, 1.807) is 18.2 Å². The fourth-order valence-corrected chi connectivity index (χ4v) is 2.96. The van der Waals surface area contributed by atoms with Crippen molar-refractivity contribution in [1.82, 2.24) is 20.0 Å². The second kappa shape index (κ2) is 7.32. The summed E-state index contributed by atoms with van der Waals surface area (Å²) < 4.78 is 11.5. The molecular weight excluding hydrogens is 384 g/mol. The van der Waals surface area contributed by atoms with Crippen molar-refractivity contribution in [3.63, 3.8) is 0 Å². The zero-order chi connectivity index (χ0) is 19.7. The molecule has 0 saturated carbocycles. The van der Waals surface area contributed by atoms with Gasteiger partial charge in [-0.1, -0.05) is 41.0 Å². The summed E-state index contributed by atoms with van der Waals surface area (Å²) in [7, 11) is 0. The highest BCUT2D eigenvalue weighted by atomic mass is 35.5. The molecule has 1 amide bonds. The minimum Gasteiger partial charge on any atom is -0.408 e. The Morgan fingerprint density at radius 3 is 2.89 bits per heavy atom. The van der Waals surface area contributed by atoms with E-state index in [9.17, 15) is 9.59 Å². The quantitative estimate of drug-likeness (QED) is 0.554. The Balaban J connectivity index is 1.50. The minimum atomic E-state index is -0.576. The van der Waals surface area contributed by atoms with E-state index >= 15 is 0 Å². The van der Waals surface area contributed by atoms with E-state index in [0.717, 1.165) is 11.1 Å². The van der Waals surface area contributed by atoms with Gasteiger partial charge >= 0.3 is 17.6 Å². The van der Waals surface area contributed by atoms with Gasteiger partial charge in [-0.05, 0) is 36.2 Å². The van der Waals surface area contributed by atoms with Crippen LogP contribution in [0.4, 0.5) is 0 Å². The van der Waals surface area contributed by atoms with Gasteiger partial charge in [0.05, 0.1) is 12.1 Å². The predicted molar refractivity (Wildman–Crippen MR) is 101 cm³/mol. The van der Waals surface area contributed by atoms with Gasteiger partial charge in [0.15, 0.2) is 11.4 Å². The molecule has 2 aromatic heterocycles. The number of benzene rings is 2. The van der Waals surface area contributed by atoms with Crippen LogP contribution in [0.25, 0.3) is 11.1 Å². The Bertz CT molecular complexity index is 1220. The number of amides is 1. The lowest BCUT2D eigenvalue weighted by molar-refractivity contribution is 0.0907. The number of nitrogens with one attached hydrogen (secondary N) is 1. The average Bonchev–Trinajstić information content (AvgIpc) is 3.26. The van der Waals surface area contributed by atoms with Crippen LogP contribution in [0.2, 0.25) is 5.02 Å². The molecule has 0 spiro atoms. The zero-order valence-electron chi connectivity index (χ0n) is 14.8. The smallest absolute Gasteiger partial charge is 0.408 e. The maximum atomic E-state index is 12.3. The number of halogens is 1. The number of carbonyl (C=O) groups excluding carboxylic acids is 1. The highest BCUT2D eigenvalue weighted by molar-refractivity contribution is 6.31.